The predicted octanol–water partition coefficient (Wildman–Crippen LogP) is 4.03. The van der Waals surface area contributed by atoms with Crippen LogP contribution in [0.25, 0.3) is 0 Å². The lowest BCUT2D eigenvalue weighted by Gasteiger charge is -2.12. The van der Waals surface area contributed by atoms with Crippen molar-refractivity contribution in [3.05, 3.63) is 52.6 Å². The molecule has 1 fully saturated rings. The van der Waals surface area contributed by atoms with E-state index in [1.165, 1.54) is 31.7 Å². The highest BCUT2D eigenvalue weighted by Crippen LogP contribution is 2.29. The minimum Gasteiger partial charge on any atom is -0.324 e. The lowest BCUT2D eigenvalue weighted by molar-refractivity contribution is 0.461. The molecule has 3 rings (SSSR count). The molecule has 0 aliphatic heterocycles. The zero-order chi connectivity index (χ0) is 14.8. The van der Waals surface area contributed by atoms with Crippen LogP contribution in [0.1, 0.15) is 49.0 Å². The second kappa shape index (κ2) is 6.16. The van der Waals surface area contributed by atoms with Crippen molar-refractivity contribution >= 4 is 11.6 Å². The van der Waals surface area contributed by atoms with Gasteiger partial charge in [0.05, 0.1) is 16.8 Å². The summed E-state index contributed by atoms with van der Waals surface area (Å²) in [6.45, 7) is 0. The molecular formula is C16H19ClFN3. The van der Waals surface area contributed by atoms with Gasteiger partial charge in [0.2, 0.25) is 0 Å². The first-order valence-corrected chi connectivity index (χ1v) is 7.76. The number of benzene rings is 1. The average molecular weight is 308 g/mol. The van der Waals surface area contributed by atoms with Gasteiger partial charge in [0.1, 0.15) is 5.82 Å². The average Bonchev–Trinajstić information content (AvgIpc) is 3.12. The Morgan fingerprint density at radius 3 is 2.81 bits per heavy atom. The molecule has 0 spiro atoms. The quantitative estimate of drug-likeness (QED) is 0.926. The smallest absolute Gasteiger partial charge is 0.142 e. The summed E-state index contributed by atoms with van der Waals surface area (Å²) >= 11 is 5.69. The van der Waals surface area contributed by atoms with Gasteiger partial charge >= 0.3 is 0 Å². The van der Waals surface area contributed by atoms with E-state index in [1.54, 1.807) is 12.1 Å². The van der Waals surface area contributed by atoms with Gasteiger partial charge < -0.3 is 5.73 Å². The van der Waals surface area contributed by atoms with Crippen LogP contribution in [-0.4, -0.2) is 9.78 Å². The second-order valence-electron chi connectivity index (χ2n) is 5.71. The van der Waals surface area contributed by atoms with E-state index >= 15 is 0 Å². The summed E-state index contributed by atoms with van der Waals surface area (Å²) < 4.78 is 15.5. The Bertz CT molecular complexity index is 620. The molecule has 1 aromatic carbocycles. The molecular weight excluding hydrogens is 289 g/mol. The molecule has 5 heteroatoms. The van der Waals surface area contributed by atoms with Crippen molar-refractivity contribution in [2.24, 2.45) is 5.73 Å². The third-order valence-electron chi connectivity index (χ3n) is 4.16. The standard InChI is InChI=1S/C16H19ClFN3/c17-14-6-5-11(9-15(14)18)16(19)10-12-7-8-21(20-12)13-3-1-2-4-13/h5-9,13,16H,1-4,10,19H2. The van der Waals surface area contributed by atoms with Gasteiger partial charge in [-0.1, -0.05) is 30.5 Å². The highest BCUT2D eigenvalue weighted by atomic mass is 35.5. The van der Waals surface area contributed by atoms with Crippen LogP contribution in [0.15, 0.2) is 30.5 Å². The van der Waals surface area contributed by atoms with E-state index in [0.29, 0.717) is 12.5 Å². The third-order valence-corrected chi connectivity index (χ3v) is 4.47. The van der Waals surface area contributed by atoms with E-state index in [1.807, 2.05) is 12.3 Å². The molecule has 112 valence electrons. The van der Waals surface area contributed by atoms with E-state index in [4.69, 9.17) is 17.3 Å². The molecule has 0 radical (unpaired) electrons. The first-order valence-electron chi connectivity index (χ1n) is 7.38. The summed E-state index contributed by atoms with van der Waals surface area (Å²) in [5.74, 6) is -0.430. The number of hydrogen-bond donors (Lipinski definition) is 1. The molecule has 1 heterocycles. The molecule has 1 unspecified atom stereocenters. The van der Waals surface area contributed by atoms with E-state index in [0.717, 1.165) is 11.3 Å². The molecule has 3 nitrogen and oxygen atoms in total. The highest BCUT2D eigenvalue weighted by Gasteiger charge is 2.18. The van der Waals surface area contributed by atoms with Crippen molar-refractivity contribution in [2.75, 3.05) is 0 Å². The minimum absolute atomic E-state index is 0.122. The Balaban J connectivity index is 1.69. The summed E-state index contributed by atoms with van der Waals surface area (Å²) in [6, 6.07) is 6.98. The van der Waals surface area contributed by atoms with Crippen LogP contribution < -0.4 is 5.73 Å². The molecule has 2 N–H and O–H groups in total. The van der Waals surface area contributed by atoms with Crippen molar-refractivity contribution in [3.8, 4) is 0 Å². The first-order chi connectivity index (χ1) is 10.1. The van der Waals surface area contributed by atoms with E-state index < -0.39 is 5.82 Å². The van der Waals surface area contributed by atoms with Gasteiger partial charge in [-0.3, -0.25) is 4.68 Å². The SMILES string of the molecule is NC(Cc1ccn(C2CCCC2)n1)c1ccc(Cl)c(F)c1. The summed E-state index contributed by atoms with van der Waals surface area (Å²) in [5, 5.41) is 4.74. The molecule has 0 amide bonds. The third kappa shape index (κ3) is 3.27. The van der Waals surface area contributed by atoms with Crippen molar-refractivity contribution in [2.45, 2.75) is 44.2 Å². The van der Waals surface area contributed by atoms with Gasteiger partial charge in [0.15, 0.2) is 0 Å². The number of aromatic nitrogens is 2. The maximum absolute atomic E-state index is 13.5. The van der Waals surface area contributed by atoms with Crippen LogP contribution in [0.4, 0.5) is 4.39 Å². The van der Waals surface area contributed by atoms with Gasteiger partial charge in [-0.25, -0.2) is 4.39 Å². The summed E-state index contributed by atoms with van der Waals surface area (Å²) in [6.07, 6.45) is 7.60. The minimum atomic E-state index is -0.430. The van der Waals surface area contributed by atoms with Gasteiger partial charge in [-0.2, -0.15) is 5.10 Å². The van der Waals surface area contributed by atoms with E-state index in [9.17, 15) is 4.39 Å². The largest absolute Gasteiger partial charge is 0.324 e. The molecule has 0 bridgehead atoms. The normalized spacial score (nSPS) is 17.3. The fourth-order valence-corrected chi connectivity index (χ4v) is 3.06. The molecule has 21 heavy (non-hydrogen) atoms. The van der Waals surface area contributed by atoms with Gasteiger partial charge in [-0.15, -0.1) is 0 Å². The lowest BCUT2D eigenvalue weighted by Crippen LogP contribution is -2.14. The van der Waals surface area contributed by atoms with Gasteiger partial charge in [-0.05, 0) is 36.6 Å². The van der Waals surface area contributed by atoms with E-state index in [2.05, 4.69) is 9.78 Å². The Hall–Kier alpha value is -1.39. The summed E-state index contributed by atoms with van der Waals surface area (Å²) in [7, 11) is 0. The molecule has 1 aliphatic rings. The van der Waals surface area contributed by atoms with Crippen LogP contribution in [0.3, 0.4) is 0 Å². The Kier molecular flexibility index (Phi) is 4.27. The van der Waals surface area contributed by atoms with Crippen molar-refractivity contribution in [1.82, 2.24) is 9.78 Å². The number of halogens is 2. The van der Waals surface area contributed by atoms with E-state index in [-0.39, 0.29) is 11.1 Å². The van der Waals surface area contributed by atoms with Crippen molar-refractivity contribution in [3.63, 3.8) is 0 Å². The van der Waals surface area contributed by atoms with Crippen LogP contribution in [0.5, 0.6) is 0 Å². The molecule has 0 saturated heterocycles. The highest BCUT2D eigenvalue weighted by molar-refractivity contribution is 6.30. The zero-order valence-corrected chi connectivity index (χ0v) is 12.6. The fraction of sp³-hybridized carbons (Fsp3) is 0.438. The van der Waals surface area contributed by atoms with Crippen LogP contribution >= 0.6 is 11.6 Å². The maximum atomic E-state index is 13.5. The van der Waals surface area contributed by atoms with Crippen LogP contribution in [0.2, 0.25) is 5.02 Å². The Labute approximate surface area is 128 Å². The summed E-state index contributed by atoms with van der Waals surface area (Å²) in [4.78, 5) is 0. The molecule has 2 aromatic rings. The predicted molar refractivity (Wildman–Crippen MR) is 81.8 cm³/mol. The molecule has 1 saturated carbocycles. The maximum Gasteiger partial charge on any atom is 0.142 e. The number of nitrogens with two attached hydrogens (primary N) is 1. The first kappa shape index (κ1) is 14.5. The number of hydrogen-bond acceptors (Lipinski definition) is 2. The van der Waals surface area contributed by atoms with Crippen molar-refractivity contribution < 1.29 is 4.39 Å². The number of rotatable bonds is 4. The molecule has 1 atom stereocenters. The van der Waals surface area contributed by atoms with Crippen LogP contribution in [-0.2, 0) is 6.42 Å². The lowest BCUT2D eigenvalue weighted by atomic mass is 10.0. The zero-order valence-electron chi connectivity index (χ0n) is 11.8. The number of nitrogens with zero attached hydrogens (tertiary/aromatic N) is 2. The Morgan fingerprint density at radius 1 is 1.33 bits per heavy atom. The van der Waals surface area contributed by atoms with Gasteiger partial charge in [0, 0.05) is 18.7 Å². The molecule has 1 aromatic heterocycles. The van der Waals surface area contributed by atoms with Crippen molar-refractivity contribution in [1.29, 1.82) is 0 Å². The summed E-state index contributed by atoms with van der Waals surface area (Å²) in [5.41, 5.74) is 7.84. The monoisotopic (exact) mass is 307 g/mol. The Morgan fingerprint density at radius 2 is 2.10 bits per heavy atom. The molecule has 1 aliphatic carbocycles. The second-order valence-corrected chi connectivity index (χ2v) is 6.12. The van der Waals surface area contributed by atoms with Gasteiger partial charge in [0.25, 0.3) is 0 Å². The van der Waals surface area contributed by atoms with Crippen LogP contribution in [0, 0.1) is 5.82 Å². The fourth-order valence-electron chi connectivity index (χ4n) is 2.94. The topological polar surface area (TPSA) is 43.8 Å².